The van der Waals surface area contributed by atoms with Crippen LogP contribution in [0.15, 0.2) is 5.51 Å². The van der Waals surface area contributed by atoms with E-state index in [1.54, 1.807) is 11.3 Å². The van der Waals surface area contributed by atoms with Crippen LogP contribution in [-0.2, 0) is 0 Å². The van der Waals surface area contributed by atoms with Crippen LogP contribution in [-0.4, -0.2) is 18.1 Å². The fraction of sp³-hybridized carbons (Fsp3) is 0.667. The predicted molar refractivity (Wildman–Crippen MR) is 51.7 cm³/mol. The maximum absolute atomic E-state index is 4.43. The van der Waals surface area contributed by atoms with E-state index < -0.39 is 0 Å². The second kappa shape index (κ2) is 3.54. The summed E-state index contributed by atoms with van der Waals surface area (Å²) in [5.74, 6) is 0.720. The van der Waals surface area contributed by atoms with Gasteiger partial charge in [-0.25, -0.2) is 4.98 Å². The van der Waals surface area contributed by atoms with Gasteiger partial charge in [0, 0.05) is 10.8 Å². The first-order chi connectivity index (χ1) is 5.88. The third kappa shape index (κ3) is 1.52. The van der Waals surface area contributed by atoms with Crippen LogP contribution in [0.4, 0.5) is 0 Å². The number of rotatable bonds is 1. The smallest absolute Gasteiger partial charge is 0.0797 e. The maximum Gasteiger partial charge on any atom is 0.0797 e. The number of nitrogens with one attached hydrogen (secondary N) is 1. The molecule has 1 aromatic heterocycles. The average molecular weight is 182 g/mol. The zero-order chi connectivity index (χ0) is 8.39. The first-order valence-electron chi connectivity index (χ1n) is 4.48. The highest BCUT2D eigenvalue weighted by atomic mass is 32.1. The SMILES string of the molecule is Cc1scnc1C1CCNCC1. The van der Waals surface area contributed by atoms with E-state index in [9.17, 15) is 0 Å². The molecule has 0 unspecified atom stereocenters. The lowest BCUT2D eigenvalue weighted by Crippen LogP contribution is -2.27. The van der Waals surface area contributed by atoms with Gasteiger partial charge in [0.05, 0.1) is 11.2 Å². The van der Waals surface area contributed by atoms with Crippen LogP contribution in [0.2, 0.25) is 0 Å². The van der Waals surface area contributed by atoms with Crippen molar-refractivity contribution in [2.24, 2.45) is 0 Å². The topological polar surface area (TPSA) is 24.9 Å². The minimum Gasteiger partial charge on any atom is -0.317 e. The van der Waals surface area contributed by atoms with Crippen LogP contribution >= 0.6 is 11.3 Å². The minimum absolute atomic E-state index is 0.720. The molecule has 2 rings (SSSR count). The Labute approximate surface area is 77.0 Å². The molecule has 0 radical (unpaired) electrons. The number of aromatic nitrogens is 1. The largest absolute Gasteiger partial charge is 0.317 e. The number of thiazole rings is 1. The Balaban J connectivity index is 2.13. The van der Waals surface area contributed by atoms with Crippen LogP contribution in [0.25, 0.3) is 0 Å². The molecule has 2 nitrogen and oxygen atoms in total. The van der Waals surface area contributed by atoms with Gasteiger partial charge in [0.2, 0.25) is 0 Å². The van der Waals surface area contributed by atoms with Crippen molar-refractivity contribution < 1.29 is 0 Å². The fourth-order valence-corrected chi connectivity index (χ4v) is 2.47. The lowest BCUT2D eigenvalue weighted by atomic mass is 9.94. The van der Waals surface area contributed by atoms with E-state index in [1.807, 2.05) is 5.51 Å². The van der Waals surface area contributed by atoms with Crippen molar-refractivity contribution in [1.29, 1.82) is 0 Å². The zero-order valence-corrected chi connectivity index (χ0v) is 8.16. The van der Waals surface area contributed by atoms with Crippen LogP contribution in [0.3, 0.4) is 0 Å². The molecular weight excluding hydrogens is 168 g/mol. The lowest BCUT2D eigenvalue weighted by molar-refractivity contribution is 0.453. The molecule has 1 N–H and O–H groups in total. The Hall–Kier alpha value is -0.410. The summed E-state index contributed by atoms with van der Waals surface area (Å²) in [7, 11) is 0. The van der Waals surface area contributed by atoms with E-state index in [0.29, 0.717) is 0 Å². The highest BCUT2D eigenvalue weighted by Crippen LogP contribution is 2.27. The number of piperidine rings is 1. The minimum atomic E-state index is 0.720. The third-order valence-electron chi connectivity index (χ3n) is 2.51. The summed E-state index contributed by atoms with van der Waals surface area (Å²) >= 11 is 1.77. The summed E-state index contributed by atoms with van der Waals surface area (Å²) in [5.41, 5.74) is 3.31. The van der Waals surface area contributed by atoms with Crippen molar-refractivity contribution >= 4 is 11.3 Å². The number of nitrogens with zero attached hydrogens (tertiary/aromatic N) is 1. The molecule has 0 bridgehead atoms. The summed E-state index contributed by atoms with van der Waals surface area (Å²) in [5, 5.41) is 3.37. The first kappa shape index (κ1) is 8.20. The van der Waals surface area contributed by atoms with Gasteiger partial charge in [0.1, 0.15) is 0 Å². The molecule has 1 saturated heterocycles. The molecule has 1 fully saturated rings. The molecule has 1 aliphatic heterocycles. The van der Waals surface area contributed by atoms with Gasteiger partial charge >= 0.3 is 0 Å². The Morgan fingerprint density at radius 3 is 2.83 bits per heavy atom. The second-order valence-corrected chi connectivity index (χ2v) is 4.38. The van der Waals surface area contributed by atoms with Crippen LogP contribution in [0.1, 0.15) is 29.3 Å². The van der Waals surface area contributed by atoms with Crippen molar-refractivity contribution in [2.75, 3.05) is 13.1 Å². The quantitative estimate of drug-likeness (QED) is 0.717. The highest BCUT2D eigenvalue weighted by Gasteiger charge is 2.18. The van der Waals surface area contributed by atoms with Crippen LogP contribution in [0, 0.1) is 6.92 Å². The van der Waals surface area contributed by atoms with Crippen molar-refractivity contribution in [3.63, 3.8) is 0 Å². The Morgan fingerprint density at radius 2 is 2.25 bits per heavy atom. The molecule has 1 aromatic rings. The molecule has 0 amide bonds. The second-order valence-electron chi connectivity index (χ2n) is 3.32. The van der Waals surface area contributed by atoms with Gasteiger partial charge in [-0.15, -0.1) is 11.3 Å². The van der Waals surface area contributed by atoms with E-state index in [4.69, 9.17) is 0 Å². The zero-order valence-electron chi connectivity index (χ0n) is 7.34. The third-order valence-corrected chi connectivity index (χ3v) is 3.28. The molecular formula is C9H14N2S. The van der Waals surface area contributed by atoms with Gasteiger partial charge in [-0.2, -0.15) is 0 Å². The van der Waals surface area contributed by atoms with Crippen LogP contribution < -0.4 is 5.32 Å². The molecule has 12 heavy (non-hydrogen) atoms. The first-order valence-corrected chi connectivity index (χ1v) is 5.36. The van der Waals surface area contributed by atoms with E-state index in [0.717, 1.165) is 19.0 Å². The molecule has 0 atom stereocenters. The van der Waals surface area contributed by atoms with Crippen molar-refractivity contribution in [2.45, 2.75) is 25.7 Å². The molecule has 2 heterocycles. The van der Waals surface area contributed by atoms with Crippen molar-refractivity contribution in [3.8, 4) is 0 Å². The monoisotopic (exact) mass is 182 g/mol. The average Bonchev–Trinajstić information content (AvgIpc) is 2.53. The normalized spacial score (nSPS) is 19.8. The van der Waals surface area contributed by atoms with Gasteiger partial charge in [0.15, 0.2) is 0 Å². The number of hydrogen-bond acceptors (Lipinski definition) is 3. The van der Waals surface area contributed by atoms with E-state index in [-0.39, 0.29) is 0 Å². The molecule has 1 aliphatic rings. The summed E-state index contributed by atoms with van der Waals surface area (Å²) < 4.78 is 0. The van der Waals surface area contributed by atoms with Crippen molar-refractivity contribution in [1.82, 2.24) is 10.3 Å². The highest BCUT2D eigenvalue weighted by molar-refractivity contribution is 7.09. The molecule has 0 spiro atoms. The van der Waals surface area contributed by atoms with Gasteiger partial charge < -0.3 is 5.32 Å². The Kier molecular flexibility index (Phi) is 2.42. The summed E-state index contributed by atoms with van der Waals surface area (Å²) in [6.45, 7) is 4.48. The van der Waals surface area contributed by atoms with Gasteiger partial charge in [-0.3, -0.25) is 0 Å². The summed E-state index contributed by atoms with van der Waals surface area (Å²) in [6, 6.07) is 0. The van der Waals surface area contributed by atoms with Crippen molar-refractivity contribution in [3.05, 3.63) is 16.1 Å². The Morgan fingerprint density at radius 1 is 1.50 bits per heavy atom. The van der Waals surface area contributed by atoms with E-state index in [1.165, 1.54) is 23.4 Å². The summed E-state index contributed by atoms with van der Waals surface area (Å²) in [4.78, 5) is 5.83. The maximum atomic E-state index is 4.43. The van der Waals surface area contributed by atoms with Gasteiger partial charge in [-0.1, -0.05) is 0 Å². The number of hydrogen-bond donors (Lipinski definition) is 1. The van der Waals surface area contributed by atoms with Gasteiger partial charge in [0.25, 0.3) is 0 Å². The van der Waals surface area contributed by atoms with E-state index in [2.05, 4.69) is 17.2 Å². The predicted octanol–water partition coefficient (Wildman–Crippen LogP) is 1.92. The summed E-state index contributed by atoms with van der Waals surface area (Å²) in [6.07, 6.45) is 2.51. The molecule has 0 aliphatic carbocycles. The standard InChI is InChI=1S/C9H14N2S/c1-7-9(11-6-12-7)8-2-4-10-5-3-8/h6,8,10H,2-5H2,1H3. The Bertz CT molecular complexity index is 251. The molecule has 0 saturated carbocycles. The van der Waals surface area contributed by atoms with Gasteiger partial charge in [-0.05, 0) is 32.9 Å². The lowest BCUT2D eigenvalue weighted by Gasteiger charge is -2.21. The van der Waals surface area contributed by atoms with E-state index >= 15 is 0 Å². The molecule has 66 valence electrons. The number of aryl methyl sites for hydroxylation is 1. The molecule has 3 heteroatoms. The fourth-order valence-electron chi connectivity index (χ4n) is 1.80. The molecule has 0 aromatic carbocycles. The van der Waals surface area contributed by atoms with Crippen LogP contribution in [0.5, 0.6) is 0 Å².